The van der Waals surface area contributed by atoms with Crippen LogP contribution < -0.4 is 10.5 Å². The van der Waals surface area contributed by atoms with Crippen molar-refractivity contribution in [1.29, 1.82) is 0 Å². The fourth-order valence-electron chi connectivity index (χ4n) is 2.93. The van der Waals surface area contributed by atoms with Crippen LogP contribution in [0.1, 0.15) is 46.4 Å². The predicted molar refractivity (Wildman–Crippen MR) is 124 cm³/mol. The van der Waals surface area contributed by atoms with E-state index < -0.39 is 54.4 Å². The highest BCUT2D eigenvalue weighted by molar-refractivity contribution is 7.21. The molecule has 0 aliphatic heterocycles. The van der Waals surface area contributed by atoms with Gasteiger partial charge in [-0.05, 0) is 45.0 Å². The van der Waals surface area contributed by atoms with E-state index in [1.165, 1.54) is 0 Å². The summed E-state index contributed by atoms with van der Waals surface area (Å²) in [4.78, 5) is 35.6. The van der Waals surface area contributed by atoms with E-state index >= 15 is 0 Å². The number of fused-ring (bicyclic) bond motifs is 1. The van der Waals surface area contributed by atoms with E-state index in [9.17, 15) is 23.2 Å². The fraction of sp³-hybridized carbons (Fsp3) is 0.261. The molecular formula is C23H20ClF2NO7S. The average molecular weight is 528 g/mol. The Bertz CT molecular complexity index is 1280. The van der Waals surface area contributed by atoms with Crippen molar-refractivity contribution in [3.05, 3.63) is 63.0 Å². The minimum absolute atomic E-state index is 0.0236. The van der Waals surface area contributed by atoms with E-state index in [4.69, 9.17) is 36.3 Å². The average Bonchev–Trinajstić information content (AvgIpc) is 3.11. The second kappa shape index (κ2) is 10.4. The van der Waals surface area contributed by atoms with E-state index in [0.29, 0.717) is 10.1 Å². The first-order valence-corrected chi connectivity index (χ1v) is 11.2. The van der Waals surface area contributed by atoms with E-state index in [1.807, 2.05) is 0 Å². The molecule has 12 heteroatoms. The van der Waals surface area contributed by atoms with Crippen molar-refractivity contribution in [2.75, 3.05) is 6.79 Å². The molecule has 0 fully saturated rings. The Morgan fingerprint density at radius 1 is 1.09 bits per heavy atom. The third kappa shape index (κ3) is 6.37. The molecule has 3 aromatic rings. The van der Waals surface area contributed by atoms with Gasteiger partial charge in [-0.1, -0.05) is 17.7 Å². The number of hydrogen-bond donors (Lipinski definition) is 1. The van der Waals surface area contributed by atoms with Crippen LogP contribution in [0.5, 0.6) is 5.75 Å². The molecule has 1 amide bonds. The highest BCUT2D eigenvalue weighted by Crippen LogP contribution is 2.37. The van der Waals surface area contributed by atoms with Crippen LogP contribution in [-0.2, 0) is 20.8 Å². The third-order valence-corrected chi connectivity index (χ3v) is 5.84. The maximum Gasteiger partial charge on any atom is 0.511 e. The molecular weight excluding hydrogens is 508 g/mol. The van der Waals surface area contributed by atoms with Gasteiger partial charge in [-0.25, -0.2) is 18.4 Å². The molecule has 2 aromatic carbocycles. The third-order valence-electron chi connectivity index (χ3n) is 4.35. The smallest absolute Gasteiger partial charge is 0.483 e. The number of amides is 1. The molecule has 8 nitrogen and oxygen atoms in total. The molecule has 0 radical (unpaired) electrons. The van der Waals surface area contributed by atoms with Gasteiger partial charge in [0.05, 0.1) is 0 Å². The Morgan fingerprint density at radius 2 is 1.74 bits per heavy atom. The number of benzene rings is 2. The van der Waals surface area contributed by atoms with Crippen molar-refractivity contribution in [2.24, 2.45) is 5.73 Å². The van der Waals surface area contributed by atoms with Crippen LogP contribution in [-0.4, -0.2) is 30.4 Å². The lowest BCUT2D eigenvalue weighted by atomic mass is 10.1. The van der Waals surface area contributed by atoms with Crippen molar-refractivity contribution < 1.29 is 42.1 Å². The van der Waals surface area contributed by atoms with E-state index in [0.717, 1.165) is 23.5 Å². The van der Waals surface area contributed by atoms with Crippen LogP contribution in [0.4, 0.5) is 13.6 Å². The Labute approximate surface area is 207 Å². The number of hydrogen-bond acceptors (Lipinski definition) is 8. The van der Waals surface area contributed by atoms with Gasteiger partial charge in [0, 0.05) is 26.2 Å². The second-order valence-electron chi connectivity index (χ2n) is 8.10. The number of halogens is 3. The number of rotatable bonds is 7. The zero-order valence-corrected chi connectivity index (χ0v) is 20.4. The minimum Gasteiger partial charge on any atom is -0.483 e. The maximum absolute atomic E-state index is 14.4. The molecule has 2 N–H and O–H groups in total. The summed E-state index contributed by atoms with van der Waals surface area (Å²) in [5, 5.41) is 0.695. The summed E-state index contributed by atoms with van der Waals surface area (Å²) in [6.07, 6.45) is -1.03. The van der Waals surface area contributed by atoms with Crippen molar-refractivity contribution in [3.8, 4) is 5.75 Å². The number of ether oxygens (including phenoxy) is 4. The number of carbonyl (C=O) groups is 3. The van der Waals surface area contributed by atoms with Crippen molar-refractivity contribution in [1.82, 2.24) is 0 Å². The second-order valence-corrected chi connectivity index (χ2v) is 9.56. The summed E-state index contributed by atoms with van der Waals surface area (Å²) in [6, 6.07) is 6.40. The number of esters is 1. The molecule has 1 heterocycles. The number of thiophene rings is 1. The standard InChI is InChI=1S/C23H20ClF2NO7S/c1-23(2,3)34-22(30)33-10-32-21(29)19-12(17-13(24)5-4-6-16(17)35-19)9-31-18-14(25)7-11(20(27)28)8-15(18)26/h4-8H,9-10H2,1-3H3,(H2,27,28). The molecule has 3 rings (SSSR count). The van der Waals surface area contributed by atoms with E-state index in [2.05, 4.69) is 0 Å². The van der Waals surface area contributed by atoms with Gasteiger partial charge in [-0.2, -0.15) is 0 Å². The van der Waals surface area contributed by atoms with Crippen LogP contribution in [0, 0.1) is 11.6 Å². The molecule has 0 saturated heterocycles. The molecule has 35 heavy (non-hydrogen) atoms. The monoisotopic (exact) mass is 527 g/mol. The SMILES string of the molecule is CC(C)(C)OC(=O)OCOC(=O)c1sc2cccc(Cl)c2c1COc1c(F)cc(C(N)=O)cc1F. The van der Waals surface area contributed by atoms with Gasteiger partial charge in [0.2, 0.25) is 12.7 Å². The Hall–Kier alpha value is -3.44. The van der Waals surface area contributed by atoms with Gasteiger partial charge in [0.15, 0.2) is 17.4 Å². The summed E-state index contributed by atoms with van der Waals surface area (Å²) in [5.74, 6) is -4.97. The van der Waals surface area contributed by atoms with Gasteiger partial charge in [0.1, 0.15) is 17.1 Å². The minimum atomic E-state index is -1.15. The van der Waals surface area contributed by atoms with Gasteiger partial charge >= 0.3 is 12.1 Å². The molecule has 0 aliphatic carbocycles. The summed E-state index contributed by atoms with van der Waals surface area (Å²) in [6.45, 7) is 3.72. The van der Waals surface area contributed by atoms with Crippen molar-refractivity contribution in [3.63, 3.8) is 0 Å². The van der Waals surface area contributed by atoms with Gasteiger partial charge in [-0.3, -0.25) is 4.79 Å². The van der Waals surface area contributed by atoms with Crippen LogP contribution in [0.15, 0.2) is 30.3 Å². The van der Waals surface area contributed by atoms with Crippen molar-refractivity contribution >= 4 is 51.1 Å². The van der Waals surface area contributed by atoms with E-state index in [-0.39, 0.29) is 21.0 Å². The highest BCUT2D eigenvalue weighted by atomic mass is 35.5. The molecule has 1 aromatic heterocycles. The summed E-state index contributed by atoms with van der Waals surface area (Å²) in [5.41, 5.74) is 4.09. The van der Waals surface area contributed by atoms with Crippen LogP contribution in [0.3, 0.4) is 0 Å². The summed E-state index contributed by atoms with van der Waals surface area (Å²) < 4.78 is 49.4. The largest absolute Gasteiger partial charge is 0.511 e. The normalized spacial score (nSPS) is 11.3. The van der Waals surface area contributed by atoms with Crippen molar-refractivity contribution in [2.45, 2.75) is 33.0 Å². The van der Waals surface area contributed by atoms with E-state index in [1.54, 1.807) is 39.0 Å². The lowest BCUT2D eigenvalue weighted by molar-refractivity contribution is -0.0523. The fourth-order valence-corrected chi connectivity index (χ4v) is 4.40. The highest BCUT2D eigenvalue weighted by Gasteiger charge is 2.24. The molecule has 0 saturated carbocycles. The van der Waals surface area contributed by atoms with Crippen LogP contribution in [0.25, 0.3) is 10.1 Å². The Morgan fingerprint density at radius 3 is 2.34 bits per heavy atom. The first kappa shape index (κ1) is 26.2. The summed E-state index contributed by atoms with van der Waals surface area (Å²) in [7, 11) is 0. The van der Waals surface area contributed by atoms with Crippen LogP contribution in [0.2, 0.25) is 5.02 Å². The van der Waals surface area contributed by atoms with Gasteiger partial charge < -0.3 is 24.7 Å². The number of primary amides is 1. The maximum atomic E-state index is 14.4. The number of carbonyl (C=O) groups excluding carboxylic acids is 3. The first-order valence-electron chi connectivity index (χ1n) is 10.0. The quantitative estimate of drug-likeness (QED) is 0.315. The molecule has 0 atom stereocenters. The van der Waals surface area contributed by atoms with Crippen LogP contribution >= 0.6 is 22.9 Å². The zero-order valence-electron chi connectivity index (χ0n) is 18.8. The number of nitrogens with two attached hydrogens (primary N) is 1. The molecule has 0 bridgehead atoms. The lowest BCUT2D eigenvalue weighted by Crippen LogP contribution is -2.25. The molecule has 0 unspecified atom stereocenters. The summed E-state index contributed by atoms with van der Waals surface area (Å²) >= 11 is 7.31. The topological polar surface area (TPSA) is 114 Å². The molecule has 186 valence electrons. The molecule has 0 spiro atoms. The Kier molecular flexibility index (Phi) is 7.81. The lowest BCUT2D eigenvalue weighted by Gasteiger charge is -2.18. The zero-order chi connectivity index (χ0) is 25.9. The first-order chi connectivity index (χ1) is 16.4. The van der Waals surface area contributed by atoms with Gasteiger partial charge in [0.25, 0.3) is 0 Å². The predicted octanol–water partition coefficient (Wildman–Crippen LogP) is 5.58. The van der Waals surface area contributed by atoms with Gasteiger partial charge in [-0.15, -0.1) is 11.3 Å². The Balaban J connectivity index is 1.84. The molecule has 0 aliphatic rings.